The number of aryl methyl sites for hydroxylation is 1. The molecule has 1 aromatic heterocycles. The van der Waals surface area contributed by atoms with E-state index in [2.05, 4.69) is 40.6 Å². The van der Waals surface area contributed by atoms with Gasteiger partial charge in [-0.25, -0.2) is 4.99 Å². The van der Waals surface area contributed by atoms with E-state index in [1.165, 1.54) is 24.0 Å². The quantitative estimate of drug-likeness (QED) is 0.560. The summed E-state index contributed by atoms with van der Waals surface area (Å²) in [5.41, 5.74) is 3.66. The number of aromatic hydroxyl groups is 1. The van der Waals surface area contributed by atoms with Gasteiger partial charge in [0.25, 0.3) is 0 Å². The Kier molecular flexibility index (Phi) is 5.99. The van der Waals surface area contributed by atoms with Crippen molar-refractivity contribution in [3.8, 4) is 5.75 Å². The van der Waals surface area contributed by atoms with Crippen molar-refractivity contribution in [3.63, 3.8) is 0 Å². The molecule has 1 heterocycles. The largest absolute Gasteiger partial charge is 0.508 e. The number of rotatable bonds is 6. The highest BCUT2D eigenvalue weighted by Gasteiger charge is 2.16. The van der Waals surface area contributed by atoms with E-state index >= 15 is 0 Å². The van der Waals surface area contributed by atoms with Crippen LogP contribution in [0.4, 0.5) is 0 Å². The lowest BCUT2D eigenvalue weighted by molar-refractivity contribution is 0.465. The SMILES string of the molecule is CCNC(=NCc1c(O)ccc2c1CCCC2)NCCn1cccc1. The van der Waals surface area contributed by atoms with Crippen molar-refractivity contribution < 1.29 is 5.11 Å². The maximum atomic E-state index is 10.3. The van der Waals surface area contributed by atoms with Gasteiger partial charge in [0.05, 0.1) is 6.54 Å². The van der Waals surface area contributed by atoms with E-state index in [-0.39, 0.29) is 0 Å². The Balaban J connectivity index is 1.66. The standard InChI is InChI=1S/C20H28N4O/c1-2-21-20(22-11-14-24-12-5-6-13-24)23-15-18-17-8-4-3-7-16(17)9-10-19(18)25/h5-6,9-10,12-13,25H,2-4,7-8,11,14-15H2,1H3,(H2,21,22,23). The molecular formula is C20H28N4O. The van der Waals surface area contributed by atoms with Gasteiger partial charge in [-0.1, -0.05) is 6.07 Å². The molecule has 0 unspecified atom stereocenters. The molecule has 0 bridgehead atoms. The van der Waals surface area contributed by atoms with Crippen LogP contribution in [0, 0.1) is 0 Å². The molecule has 134 valence electrons. The van der Waals surface area contributed by atoms with Crippen molar-refractivity contribution in [2.75, 3.05) is 13.1 Å². The lowest BCUT2D eigenvalue weighted by atomic mass is 9.88. The first-order valence-electron chi connectivity index (χ1n) is 9.23. The Labute approximate surface area is 149 Å². The predicted molar refractivity (Wildman–Crippen MR) is 102 cm³/mol. The van der Waals surface area contributed by atoms with Gasteiger partial charge in [-0.05, 0) is 61.9 Å². The van der Waals surface area contributed by atoms with E-state index in [0.717, 1.165) is 44.0 Å². The number of nitrogens with one attached hydrogen (secondary N) is 2. The second-order valence-corrected chi connectivity index (χ2v) is 6.45. The molecular weight excluding hydrogens is 312 g/mol. The Hall–Kier alpha value is -2.43. The Morgan fingerprint density at radius 3 is 2.76 bits per heavy atom. The molecule has 0 amide bonds. The number of phenolic OH excluding ortho intramolecular Hbond substituents is 1. The van der Waals surface area contributed by atoms with Crippen molar-refractivity contribution in [2.24, 2.45) is 4.99 Å². The van der Waals surface area contributed by atoms with Gasteiger partial charge in [-0.2, -0.15) is 0 Å². The van der Waals surface area contributed by atoms with Gasteiger partial charge in [0.15, 0.2) is 5.96 Å². The van der Waals surface area contributed by atoms with Crippen LogP contribution in [-0.2, 0) is 25.9 Å². The van der Waals surface area contributed by atoms with Gasteiger partial charge in [0.2, 0.25) is 0 Å². The maximum absolute atomic E-state index is 10.3. The van der Waals surface area contributed by atoms with E-state index in [1.807, 2.05) is 18.2 Å². The number of hydrogen-bond acceptors (Lipinski definition) is 2. The van der Waals surface area contributed by atoms with Crippen LogP contribution in [0.2, 0.25) is 0 Å². The first kappa shape index (κ1) is 17.4. The second-order valence-electron chi connectivity index (χ2n) is 6.45. The third kappa shape index (κ3) is 4.56. The van der Waals surface area contributed by atoms with Gasteiger partial charge in [-0.15, -0.1) is 0 Å². The highest BCUT2D eigenvalue weighted by molar-refractivity contribution is 5.79. The van der Waals surface area contributed by atoms with E-state index in [9.17, 15) is 5.11 Å². The van der Waals surface area contributed by atoms with Crippen LogP contribution < -0.4 is 10.6 Å². The third-order valence-electron chi connectivity index (χ3n) is 4.69. The van der Waals surface area contributed by atoms with Gasteiger partial charge < -0.3 is 20.3 Å². The molecule has 0 saturated heterocycles. The first-order chi connectivity index (χ1) is 12.3. The molecule has 3 N–H and O–H groups in total. The second kappa shape index (κ2) is 8.60. The highest BCUT2D eigenvalue weighted by atomic mass is 16.3. The molecule has 1 aromatic carbocycles. The van der Waals surface area contributed by atoms with Crippen molar-refractivity contribution in [1.29, 1.82) is 0 Å². The molecule has 3 rings (SSSR count). The molecule has 5 nitrogen and oxygen atoms in total. The fourth-order valence-corrected chi connectivity index (χ4v) is 3.39. The smallest absolute Gasteiger partial charge is 0.191 e. The minimum atomic E-state index is 0.368. The number of phenols is 1. The molecule has 1 aliphatic rings. The maximum Gasteiger partial charge on any atom is 0.191 e. The Morgan fingerprint density at radius 1 is 1.16 bits per heavy atom. The van der Waals surface area contributed by atoms with Crippen molar-refractivity contribution in [1.82, 2.24) is 15.2 Å². The highest BCUT2D eigenvalue weighted by Crippen LogP contribution is 2.30. The molecule has 0 fully saturated rings. The molecule has 2 aromatic rings. The van der Waals surface area contributed by atoms with Crippen LogP contribution in [-0.4, -0.2) is 28.7 Å². The zero-order valence-corrected chi connectivity index (χ0v) is 15.0. The van der Waals surface area contributed by atoms with E-state index in [1.54, 1.807) is 0 Å². The summed E-state index contributed by atoms with van der Waals surface area (Å²) >= 11 is 0. The zero-order valence-electron chi connectivity index (χ0n) is 15.0. The number of hydrogen-bond donors (Lipinski definition) is 3. The van der Waals surface area contributed by atoms with E-state index in [0.29, 0.717) is 12.3 Å². The third-order valence-corrected chi connectivity index (χ3v) is 4.69. The van der Waals surface area contributed by atoms with Crippen molar-refractivity contribution >= 4 is 5.96 Å². The van der Waals surface area contributed by atoms with Crippen LogP contribution in [0.15, 0.2) is 41.7 Å². The summed E-state index contributed by atoms with van der Waals surface area (Å²) in [4.78, 5) is 4.70. The van der Waals surface area contributed by atoms with Crippen LogP contribution in [0.3, 0.4) is 0 Å². The minimum Gasteiger partial charge on any atom is -0.508 e. The van der Waals surface area contributed by atoms with Gasteiger partial charge in [0, 0.05) is 37.6 Å². The molecule has 5 heteroatoms. The van der Waals surface area contributed by atoms with E-state index < -0.39 is 0 Å². The molecule has 0 radical (unpaired) electrons. The molecule has 0 spiro atoms. The summed E-state index contributed by atoms with van der Waals surface area (Å²) in [5.74, 6) is 1.16. The van der Waals surface area contributed by atoms with Crippen molar-refractivity contribution in [2.45, 2.75) is 45.7 Å². The Bertz CT molecular complexity index is 707. The summed E-state index contributed by atoms with van der Waals surface area (Å²) in [6.07, 6.45) is 8.71. The lowest BCUT2D eigenvalue weighted by Gasteiger charge is -2.20. The fourth-order valence-electron chi connectivity index (χ4n) is 3.39. The summed E-state index contributed by atoms with van der Waals surface area (Å²) < 4.78 is 2.13. The zero-order chi connectivity index (χ0) is 17.5. The van der Waals surface area contributed by atoms with Crippen molar-refractivity contribution in [3.05, 3.63) is 53.3 Å². The topological polar surface area (TPSA) is 61.6 Å². The van der Waals surface area contributed by atoms with Gasteiger partial charge >= 0.3 is 0 Å². The Morgan fingerprint density at radius 2 is 1.96 bits per heavy atom. The molecule has 0 atom stereocenters. The van der Waals surface area contributed by atoms with Crippen LogP contribution in [0.5, 0.6) is 5.75 Å². The summed E-state index contributed by atoms with van der Waals surface area (Å²) in [6.45, 7) is 5.08. The molecule has 0 saturated carbocycles. The molecule has 25 heavy (non-hydrogen) atoms. The number of benzene rings is 1. The average Bonchev–Trinajstić information content (AvgIpc) is 3.14. The number of fused-ring (bicyclic) bond motifs is 1. The number of nitrogens with zero attached hydrogens (tertiary/aromatic N) is 2. The fraction of sp³-hybridized carbons (Fsp3) is 0.450. The number of aliphatic imine (C=N–C) groups is 1. The summed E-state index contributed by atoms with van der Waals surface area (Å²) in [6, 6.07) is 7.94. The molecule has 0 aliphatic heterocycles. The average molecular weight is 340 g/mol. The van der Waals surface area contributed by atoms with E-state index in [4.69, 9.17) is 4.99 Å². The summed E-state index contributed by atoms with van der Waals surface area (Å²) in [7, 11) is 0. The number of aromatic nitrogens is 1. The van der Waals surface area contributed by atoms with Gasteiger partial charge in [0.1, 0.15) is 5.75 Å². The monoisotopic (exact) mass is 340 g/mol. The van der Waals surface area contributed by atoms with Crippen LogP contribution in [0.25, 0.3) is 0 Å². The normalized spacial score (nSPS) is 14.2. The summed E-state index contributed by atoms with van der Waals surface area (Å²) in [5, 5.41) is 16.9. The van der Waals surface area contributed by atoms with Crippen LogP contribution in [0.1, 0.15) is 36.5 Å². The molecule has 1 aliphatic carbocycles. The number of guanidine groups is 1. The minimum absolute atomic E-state index is 0.368. The van der Waals surface area contributed by atoms with Crippen LogP contribution >= 0.6 is 0 Å². The lowest BCUT2D eigenvalue weighted by Crippen LogP contribution is -2.38. The first-order valence-corrected chi connectivity index (χ1v) is 9.23. The van der Waals surface area contributed by atoms with Gasteiger partial charge in [-0.3, -0.25) is 0 Å². The predicted octanol–water partition coefficient (Wildman–Crippen LogP) is 2.83.